The lowest BCUT2D eigenvalue weighted by Crippen LogP contribution is -2.32. The van der Waals surface area contributed by atoms with Gasteiger partial charge in [0.15, 0.2) is 5.78 Å². The Morgan fingerprint density at radius 2 is 1.90 bits per heavy atom. The van der Waals surface area contributed by atoms with E-state index in [1.54, 1.807) is 12.1 Å². The normalized spacial score (nSPS) is 17.5. The molecule has 0 aromatic heterocycles. The number of nitrogens with two attached hydrogens (primary N) is 1. The van der Waals surface area contributed by atoms with E-state index in [4.69, 9.17) is 5.73 Å². The summed E-state index contributed by atoms with van der Waals surface area (Å²) in [5.74, 6) is 0.395. The summed E-state index contributed by atoms with van der Waals surface area (Å²) in [6, 6.07) is 6.83. The number of carbonyl (C=O) groups excluding carboxylic acids is 1. The lowest BCUT2D eigenvalue weighted by Gasteiger charge is -2.25. The summed E-state index contributed by atoms with van der Waals surface area (Å²) in [5.41, 5.74) is 7.62. The fraction of sp³-hybridized carbons (Fsp3) is 0.533. The van der Waals surface area contributed by atoms with Gasteiger partial charge in [0.05, 0.1) is 11.8 Å². The molecule has 0 spiro atoms. The Balaban J connectivity index is 1.97. The molecule has 0 heterocycles. The third-order valence-corrected chi connectivity index (χ3v) is 4.89. The number of ketones is 1. The zero-order chi connectivity index (χ0) is 14.8. The Hall–Kier alpha value is -1.20. The molecule has 4 nitrogen and oxygen atoms in total. The second-order valence-electron chi connectivity index (χ2n) is 5.64. The standard InChI is InChI=1S/C15H21NO3S/c1-20(18,19)10-9-14(16)15(17)13-7-5-12(6-8-13)11-3-2-4-11/h5-8,11,14H,2-4,9-10,16H2,1H3. The molecule has 0 bridgehead atoms. The van der Waals surface area contributed by atoms with Crippen molar-refractivity contribution < 1.29 is 13.2 Å². The van der Waals surface area contributed by atoms with Gasteiger partial charge in [0.1, 0.15) is 9.84 Å². The van der Waals surface area contributed by atoms with E-state index >= 15 is 0 Å². The van der Waals surface area contributed by atoms with Gasteiger partial charge in [-0.2, -0.15) is 0 Å². The minimum atomic E-state index is -3.08. The maximum atomic E-state index is 12.1. The molecule has 2 N–H and O–H groups in total. The van der Waals surface area contributed by atoms with Crippen molar-refractivity contribution in [3.63, 3.8) is 0 Å². The topological polar surface area (TPSA) is 77.2 Å². The average molecular weight is 295 g/mol. The molecular weight excluding hydrogens is 274 g/mol. The summed E-state index contributed by atoms with van der Waals surface area (Å²) in [5, 5.41) is 0. The van der Waals surface area contributed by atoms with E-state index in [1.807, 2.05) is 12.1 Å². The fourth-order valence-electron chi connectivity index (χ4n) is 2.35. The average Bonchev–Trinajstić information content (AvgIpc) is 2.33. The van der Waals surface area contributed by atoms with Crippen LogP contribution in [0.15, 0.2) is 24.3 Å². The van der Waals surface area contributed by atoms with Crippen LogP contribution in [0.2, 0.25) is 0 Å². The summed E-state index contributed by atoms with van der Waals surface area (Å²) < 4.78 is 22.2. The van der Waals surface area contributed by atoms with Crippen LogP contribution in [0.25, 0.3) is 0 Å². The summed E-state index contributed by atoms with van der Waals surface area (Å²) in [4.78, 5) is 12.1. The number of rotatable bonds is 6. The van der Waals surface area contributed by atoms with Crippen molar-refractivity contribution in [2.75, 3.05) is 12.0 Å². The maximum Gasteiger partial charge on any atom is 0.179 e. The summed E-state index contributed by atoms with van der Waals surface area (Å²) in [6.07, 6.45) is 5.05. The predicted molar refractivity (Wildman–Crippen MR) is 79.7 cm³/mol. The van der Waals surface area contributed by atoms with Crippen LogP contribution >= 0.6 is 0 Å². The second kappa shape index (κ2) is 6.06. The van der Waals surface area contributed by atoms with E-state index in [2.05, 4.69) is 0 Å². The third-order valence-electron chi connectivity index (χ3n) is 3.91. The van der Waals surface area contributed by atoms with Crippen LogP contribution in [0.3, 0.4) is 0 Å². The van der Waals surface area contributed by atoms with E-state index in [1.165, 1.54) is 24.8 Å². The van der Waals surface area contributed by atoms with Crippen LogP contribution in [0.1, 0.15) is 47.5 Å². The Kier molecular flexibility index (Phi) is 4.60. The highest BCUT2D eigenvalue weighted by Crippen LogP contribution is 2.36. The van der Waals surface area contributed by atoms with Crippen LogP contribution < -0.4 is 5.73 Å². The first-order valence-corrected chi connectivity index (χ1v) is 9.00. The predicted octanol–water partition coefficient (Wildman–Crippen LogP) is 1.90. The number of hydrogen-bond acceptors (Lipinski definition) is 4. The van der Waals surface area contributed by atoms with Gasteiger partial charge in [-0.1, -0.05) is 30.7 Å². The second-order valence-corrected chi connectivity index (χ2v) is 7.90. The zero-order valence-electron chi connectivity index (χ0n) is 11.7. The minimum absolute atomic E-state index is 0.0555. The van der Waals surface area contributed by atoms with Crippen molar-refractivity contribution in [2.24, 2.45) is 5.73 Å². The Labute approximate surface area is 120 Å². The molecule has 2 rings (SSSR count). The van der Waals surface area contributed by atoms with E-state index in [0.29, 0.717) is 11.5 Å². The van der Waals surface area contributed by atoms with Gasteiger partial charge in [0, 0.05) is 11.8 Å². The van der Waals surface area contributed by atoms with Gasteiger partial charge in [-0.3, -0.25) is 4.79 Å². The molecule has 1 fully saturated rings. The lowest BCUT2D eigenvalue weighted by molar-refractivity contribution is 0.0960. The van der Waals surface area contributed by atoms with Crippen molar-refractivity contribution in [2.45, 2.75) is 37.6 Å². The molecule has 110 valence electrons. The first-order valence-electron chi connectivity index (χ1n) is 6.94. The minimum Gasteiger partial charge on any atom is -0.321 e. The van der Waals surface area contributed by atoms with Crippen molar-refractivity contribution in [3.8, 4) is 0 Å². The van der Waals surface area contributed by atoms with Crippen molar-refractivity contribution >= 4 is 15.6 Å². The first kappa shape index (κ1) is 15.2. The van der Waals surface area contributed by atoms with Gasteiger partial charge in [0.2, 0.25) is 0 Å². The van der Waals surface area contributed by atoms with E-state index in [-0.39, 0.29) is 18.0 Å². The SMILES string of the molecule is CS(=O)(=O)CCC(N)C(=O)c1ccc(C2CCC2)cc1. The van der Waals surface area contributed by atoms with Crippen LogP contribution in [0.4, 0.5) is 0 Å². The summed E-state index contributed by atoms with van der Waals surface area (Å²) in [7, 11) is -3.08. The fourth-order valence-corrected chi connectivity index (χ4v) is 3.03. The van der Waals surface area contributed by atoms with E-state index in [0.717, 1.165) is 6.26 Å². The van der Waals surface area contributed by atoms with E-state index < -0.39 is 15.9 Å². The Bertz CT molecular complexity index is 574. The maximum absolute atomic E-state index is 12.1. The van der Waals surface area contributed by atoms with Gasteiger partial charge < -0.3 is 5.73 Å². The molecule has 1 aliphatic carbocycles. The quantitative estimate of drug-likeness (QED) is 0.813. The molecule has 0 amide bonds. The zero-order valence-corrected chi connectivity index (χ0v) is 12.5. The molecule has 1 atom stereocenters. The van der Waals surface area contributed by atoms with Crippen LogP contribution in [0, 0.1) is 0 Å². The van der Waals surface area contributed by atoms with E-state index in [9.17, 15) is 13.2 Å². The highest BCUT2D eigenvalue weighted by Gasteiger charge is 2.21. The smallest absolute Gasteiger partial charge is 0.179 e. The van der Waals surface area contributed by atoms with Crippen molar-refractivity contribution in [3.05, 3.63) is 35.4 Å². The van der Waals surface area contributed by atoms with Crippen molar-refractivity contribution in [1.82, 2.24) is 0 Å². The molecule has 0 radical (unpaired) electrons. The molecule has 1 saturated carbocycles. The van der Waals surface area contributed by atoms with Gasteiger partial charge >= 0.3 is 0 Å². The summed E-state index contributed by atoms with van der Waals surface area (Å²) >= 11 is 0. The highest BCUT2D eigenvalue weighted by atomic mass is 32.2. The van der Waals surface area contributed by atoms with Gasteiger partial charge in [-0.15, -0.1) is 0 Å². The number of sulfone groups is 1. The number of benzene rings is 1. The number of hydrogen-bond donors (Lipinski definition) is 1. The molecule has 0 saturated heterocycles. The lowest BCUT2D eigenvalue weighted by atomic mass is 9.80. The largest absolute Gasteiger partial charge is 0.321 e. The molecule has 1 aromatic rings. The third kappa shape index (κ3) is 3.90. The Morgan fingerprint density at radius 3 is 2.35 bits per heavy atom. The molecule has 20 heavy (non-hydrogen) atoms. The Morgan fingerprint density at radius 1 is 1.30 bits per heavy atom. The first-order chi connectivity index (χ1) is 9.37. The highest BCUT2D eigenvalue weighted by molar-refractivity contribution is 7.90. The van der Waals surface area contributed by atoms with Gasteiger partial charge in [-0.05, 0) is 30.7 Å². The number of Topliss-reactive ketones (excluding diaryl/α,β-unsaturated/α-hetero) is 1. The van der Waals surface area contributed by atoms with Crippen LogP contribution in [-0.2, 0) is 9.84 Å². The summed E-state index contributed by atoms with van der Waals surface area (Å²) in [6.45, 7) is 0. The van der Waals surface area contributed by atoms with Gasteiger partial charge in [0.25, 0.3) is 0 Å². The van der Waals surface area contributed by atoms with Crippen LogP contribution in [0.5, 0.6) is 0 Å². The van der Waals surface area contributed by atoms with Crippen LogP contribution in [-0.4, -0.2) is 32.3 Å². The van der Waals surface area contributed by atoms with Gasteiger partial charge in [-0.25, -0.2) is 8.42 Å². The molecule has 1 unspecified atom stereocenters. The number of carbonyl (C=O) groups is 1. The van der Waals surface area contributed by atoms with Crippen molar-refractivity contribution in [1.29, 1.82) is 0 Å². The molecule has 1 aromatic carbocycles. The molecular formula is C15H21NO3S. The molecule has 0 aliphatic heterocycles. The molecule has 5 heteroatoms. The molecule has 1 aliphatic rings. The monoisotopic (exact) mass is 295 g/mol.